The molecule has 4 heteroatoms. The predicted octanol–water partition coefficient (Wildman–Crippen LogP) is 5.01. The van der Waals surface area contributed by atoms with Crippen molar-refractivity contribution in [3.05, 3.63) is 63.6 Å². The number of hydrogen-bond acceptors (Lipinski definition) is 2. The molecule has 1 nitrogen and oxygen atoms in total. The SMILES string of the molecule is CNCc1ccc(SCc2ccc(Cl)cc2Cl)cc1. The normalized spacial score (nSPS) is 10.7. The Morgan fingerprint density at radius 1 is 1.05 bits per heavy atom. The lowest BCUT2D eigenvalue weighted by Crippen LogP contribution is -2.04. The maximum Gasteiger partial charge on any atom is 0.0461 e. The molecule has 0 unspecified atom stereocenters. The van der Waals surface area contributed by atoms with Crippen molar-refractivity contribution in [3.63, 3.8) is 0 Å². The van der Waals surface area contributed by atoms with Crippen molar-refractivity contribution < 1.29 is 0 Å². The monoisotopic (exact) mass is 311 g/mol. The molecule has 0 atom stereocenters. The fourth-order valence-corrected chi connectivity index (χ4v) is 3.16. The zero-order valence-corrected chi connectivity index (χ0v) is 12.9. The Hall–Kier alpha value is -0.670. The molecule has 2 aromatic rings. The van der Waals surface area contributed by atoms with Crippen molar-refractivity contribution in [1.29, 1.82) is 0 Å². The van der Waals surface area contributed by atoms with Gasteiger partial charge in [-0.2, -0.15) is 0 Å². The first-order valence-corrected chi connectivity index (χ1v) is 7.73. The van der Waals surface area contributed by atoms with Gasteiger partial charge in [0.1, 0.15) is 0 Å². The third kappa shape index (κ3) is 4.43. The Balaban J connectivity index is 1.98. The molecule has 0 saturated heterocycles. The Labute approximate surface area is 128 Å². The van der Waals surface area contributed by atoms with Crippen molar-refractivity contribution >= 4 is 35.0 Å². The molecule has 0 aromatic heterocycles. The van der Waals surface area contributed by atoms with E-state index in [2.05, 4.69) is 29.6 Å². The molecule has 19 heavy (non-hydrogen) atoms. The van der Waals surface area contributed by atoms with Crippen LogP contribution in [0.15, 0.2) is 47.4 Å². The molecule has 0 aliphatic carbocycles. The lowest BCUT2D eigenvalue weighted by molar-refractivity contribution is 0.817. The van der Waals surface area contributed by atoms with Gasteiger partial charge in [-0.15, -0.1) is 11.8 Å². The summed E-state index contributed by atoms with van der Waals surface area (Å²) >= 11 is 13.8. The van der Waals surface area contributed by atoms with E-state index < -0.39 is 0 Å². The van der Waals surface area contributed by atoms with Crippen LogP contribution in [0.2, 0.25) is 10.0 Å². The second-order valence-electron chi connectivity index (χ2n) is 4.20. The Morgan fingerprint density at radius 3 is 2.42 bits per heavy atom. The summed E-state index contributed by atoms with van der Waals surface area (Å²) in [6.45, 7) is 0.897. The molecule has 0 amide bonds. The zero-order valence-electron chi connectivity index (χ0n) is 10.6. The van der Waals surface area contributed by atoms with Crippen LogP contribution in [0.4, 0.5) is 0 Å². The minimum atomic E-state index is 0.676. The van der Waals surface area contributed by atoms with Crippen LogP contribution in [0.5, 0.6) is 0 Å². The molecule has 2 rings (SSSR count). The first-order chi connectivity index (χ1) is 9.19. The van der Waals surface area contributed by atoms with E-state index in [1.807, 2.05) is 19.2 Å². The number of halogens is 2. The van der Waals surface area contributed by atoms with Gasteiger partial charge in [-0.25, -0.2) is 0 Å². The van der Waals surface area contributed by atoms with Crippen molar-refractivity contribution in [2.75, 3.05) is 7.05 Å². The highest BCUT2D eigenvalue weighted by Crippen LogP contribution is 2.28. The maximum absolute atomic E-state index is 6.16. The molecular weight excluding hydrogens is 297 g/mol. The first-order valence-electron chi connectivity index (χ1n) is 5.99. The minimum absolute atomic E-state index is 0.676. The summed E-state index contributed by atoms with van der Waals surface area (Å²) in [7, 11) is 1.95. The van der Waals surface area contributed by atoms with Crippen LogP contribution < -0.4 is 5.32 Å². The van der Waals surface area contributed by atoms with Crippen molar-refractivity contribution in [3.8, 4) is 0 Å². The minimum Gasteiger partial charge on any atom is -0.316 e. The van der Waals surface area contributed by atoms with E-state index in [9.17, 15) is 0 Å². The summed E-state index contributed by atoms with van der Waals surface area (Å²) in [5.74, 6) is 0.849. The highest BCUT2D eigenvalue weighted by Gasteiger charge is 2.02. The van der Waals surface area contributed by atoms with E-state index in [1.54, 1.807) is 17.8 Å². The van der Waals surface area contributed by atoms with Crippen LogP contribution >= 0.6 is 35.0 Å². The van der Waals surface area contributed by atoms with Crippen molar-refractivity contribution in [2.24, 2.45) is 0 Å². The summed E-state index contributed by atoms with van der Waals surface area (Å²) in [6, 6.07) is 14.2. The molecule has 0 spiro atoms. The van der Waals surface area contributed by atoms with E-state index in [-0.39, 0.29) is 0 Å². The molecule has 0 fully saturated rings. The standard InChI is InChI=1S/C15H15Cl2NS/c1-18-9-11-2-6-14(7-3-11)19-10-12-4-5-13(16)8-15(12)17/h2-8,18H,9-10H2,1H3. The van der Waals surface area contributed by atoms with Gasteiger partial charge in [0.05, 0.1) is 0 Å². The Kier molecular flexibility index (Phi) is 5.59. The highest BCUT2D eigenvalue weighted by atomic mass is 35.5. The predicted molar refractivity (Wildman–Crippen MR) is 85.2 cm³/mol. The summed E-state index contributed by atoms with van der Waals surface area (Å²) in [5, 5.41) is 4.54. The molecule has 0 heterocycles. The fraction of sp³-hybridized carbons (Fsp3) is 0.200. The van der Waals surface area contributed by atoms with Crippen molar-refractivity contribution in [1.82, 2.24) is 5.32 Å². The average molecular weight is 312 g/mol. The molecule has 2 aromatic carbocycles. The smallest absolute Gasteiger partial charge is 0.0461 e. The van der Waals surface area contributed by atoms with Gasteiger partial charge in [0, 0.05) is 27.2 Å². The lowest BCUT2D eigenvalue weighted by Gasteiger charge is -2.06. The van der Waals surface area contributed by atoms with Gasteiger partial charge in [0.25, 0.3) is 0 Å². The lowest BCUT2D eigenvalue weighted by atomic mass is 10.2. The third-order valence-corrected chi connectivity index (χ3v) is 4.36. The van der Waals surface area contributed by atoms with Gasteiger partial charge in [-0.05, 0) is 42.4 Å². The summed E-state index contributed by atoms with van der Waals surface area (Å²) in [4.78, 5) is 1.24. The zero-order chi connectivity index (χ0) is 13.7. The van der Waals surface area contributed by atoms with Gasteiger partial charge in [0.15, 0.2) is 0 Å². The number of nitrogens with one attached hydrogen (secondary N) is 1. The molecule has 0 bridgehead atoms. The van der Waals surface area contributed by atoms with Gasteiger partial charge in [0.2, 0.25) is 0 Å². The molecule has 0 aliphatic rings. The van der Waals surface area contributed by atoms with Crippen LogP contribution in [0.3, 0.4) is 0 Å². The van der Waals surface area contributed by atoms with E-state index in [1.165, 1.54) is 10.5 Å². The Bertz CT molecular complexity index is 540. The molecular formula is C15H15Cl2NS. The average Bonchev–Trinajstić information content (AvgIpc) is 2.40. The van der Waals surface area contributed by atoms with Crippen LogP contribution in [-0.4, -0.2) is 7.05 Å². The van der Waals surface area contributed by atoms with Crippen LogP contribution in [0.25, 0.3) is 0 Å². The van der Waals surface area contributed by atoms with Gasteiger partial charge in [-0.1, -0.05) is 41.4 Å². The van der Waals surface area contributed by atoms with Gasteiger partial charge in [-0.3, -0.25) is 0 Å². The second-order valence-corrected chi connectivity index (χ2v) is 6.09. The summed E-state index contributed by atoms with van der Waals surface area (Å²) < 4.78 is 0. The van der Waals surface area contributed by atoms with Gasteiger partial charge >= 0.3 is 0 Å². The van der Waals surface area contributed by atoms with E-state index >= 15 is 0 Å². The maximum atomic E-state index is 6.16. The topological polar surface area (TPSA) is 12.0 Å². The quantitative estimate of drug-likeness (QED) is 0.779. The highest BCUT2D eigenvalue weighted by molar-refractivity contribution is 7.98. The molecule has 0 aliphatic heterocycles. The third-order valence-electron chi connectivity index (χ3n) is 2.71. The van der Waals surface area contributed by atoms with Crippen LogP contribution in [0.1, 0.15) is 11.1 Å². The Morgan fingerprint density at radius 2 is 1.79 bits per heavy atom. The van der Waals surface area contributed by atoms with Crippen molar-refractivity contribution in [2.45, 2.75) is 17.2 Å². The van der Waals surface area contributed by atoms with Crippen LogP contribution in [-0.2, 0) is 12.3 Å². The molecule has 0 saturated carbocycles. The number of rotatable bonds is 5. The summed E-state index contributed by atoms with van der Waals surface area (Å²) in [5.41, 5.74) is 2.40. The number of hydrogen-bond donors (Lipinski definition) is 1. The van der Waals surface area contributed by atoms with E-state index in [4.69, 9.17) is 23.2 Å². The van der Waals surface area contributed by atoms with Gasteiger partial charge < -0.3 is 5.32 Å². The summed E-state index contributed by atoms with van der Waals surface area (Å²) in [6.07, 6.45) is 0. The molecule has 0 radical (unpaired) electrons. The number of thioether (sulfide) groups is 1. The largest absolute Gasteiger partial charge is 0.316 e. The van der Waals surface area contributed by atoms with E-state index in [0.29, 0.717) is 5.02 Å². The second kappa shape index (κ2) is 7.20. The fourth-order valence-electron chi connectivity index (χ4n) is 1.71. The number of benzene rings is 2. The first kappa shape index (κ1) is 14.7. The molecule has 1 N–H and O–H groups in total. The molecule has 100 valence electrons. The van der Waals surface area contributed by atoms with E-state index in [0.717, 1.165) is 22.9 Å². The van der Waals surface area contributed by atoms with Crippen LogP contribution in [0, 0.1) is 0 Å².